The number of aromatic nitrogens is 2. The molecule has 2 heterocycles. The summed E-state index contributed by atoms with van der Waals surface area (Å²) in [5.74, 6) is 0.595. The van der Waals surface area contributed by atoms with Gasteiger partial charge in [0.05, 0.1) is 24.9 Å². The highest BCUT2D eigenvalue weighted by atomic mass is 16.5. The number of nitrogens with two attached hydrogens (primary N) is 1. The average molecular weight is 265 g/mol. The van der Waals surface area contributed by atoms with Gasteiger partial charge in [-0.2, -0.15) is 5.10 Å². The molecule has 1 aliphatic heterocycles. The van der Waals surface area contributed by atoms with Crippen LogP contribution in [-0.2, 0) is 18.3 Å². The zero-order valence-corrected chi connectivity index (χ0v) is 12.2. The Morgan fingerprint density at radius 2 is 2.26 bits per heavy atom. The first-order chi connectivity index (χ1) is 8.99. The molecule has 2 rings (SSSR count). The van der Waals surface area contributed by atoms with Crippen molar-refractivity contribution in [3.63, 3.8) is 0 Å². The first-order valence-corrected chi connectivity index (χ1v) is 6.64. The van der Waals surface area contributed by atoms with E-state index in [4.69, 9.17) is 10.5 Å². The third-order valence-electron chi connectivity index (χ3n) is 3.62. The normalized spacial score (nSPS) is 20.9. The SMILES string of the molecule is Cc1nn(C)c(C)c1CN=C(N)N1CCOC(C)C1. The van der Waals surface area contributed by atoms with Crippen LogP contribution >= 0.6 is 0 Å². The quantitative estimate of drug-likeness (QED) is 0.627. The van der Waals surface area contributed by atoms with Crippen LogP contribution in [0.15, 0.2) is 4.99 Å². The standard InChI is InChI=1S/C13H23N5O/c1-9-8-18(5-6-19-9)13(14)15-7-12-10(2)16-17(4)11(12)3/h9H,5-8H2,1-4H3,(H2,14,15). The molecule has 0 aromatic carbocycles. The highest BCUT2D eigenvalue weighted by Crippen LogP contribution is 2.13. The Kier molecular flexibility index (Phi) is 4.09. The van der Waals surface area contributed by atoms with Crippen LogP contribution in [0, 0.1) is 13.8 Å². The van der Waals surface area contributed by atoms with E-state index in [9.17, 15) is 0 Å². The van der Waals surface area contributed by atoms with Crippen LogP contribution in [0.4, 0.5) is 0 Å². The number of guanidine groups is 1. The maximum atomic E-state index is 6.06. The lowest BCUT2D eigenvalue weighted by molar-refractivity contribution is 0.00528. The van der Waals surface area contributed by atoms with Gasteiger partial charge in [-0.25, -0.2) is 4.99 Å². The molecule has 0 aliphatic carbocycles. The minimum atomic E-state index is 0.212. The van der Waals surface area contributed by atoms with Crippen molar-refractivity contribution < 1.29 is 4.74 Å². The summed E-state index contributed by atoms with van der Waals surface area (Å²) in [6, 6.07) is 0. The third kappa shape index (κ3) is 3.07. The van der Waals surface area contributed by atoms with E-state index in [-0.39, 0.29) is 6.10 Å². The van der Waals surface area contributed by atoms with Crippen LogP contribution in [0.2, 0.25) is 0 Å². The van der Waals surface area contributed by atoms with Crippen molar-refractivity contribution in [1.29, 1.82) is 0 Å². The van der Waals surface area contributed by atoms with Crippen LogP contribution in [0.3, 0.4) is 0 Å². The molecule has 0 amide bonds. The van der Waals surface area contributed by atoms with E-state index in [0.29, 0.717) is 19.1 Å². The van der Waals surface area contributed by atoms with Gasteiger partial charge < -0.3 is 15.4 Å². The Balaban J connectivity index is 2.05. The molecule has 1 unspecified atom stereocenters. The zero-order chi connectivity index (χ0) is 14.0. The predicted molar refractivity (Wildman–Crippen MR) is 75.0 cm³/mol. The smallest absolute Gasteiger partial charge is 0.191 e. The Labute approximate surface area is 114 Å². The highest BCUT2D eigenvalue weighted by molar-refractivity contribution is 5.78. The molecule has 1 saturated heterocycles. The number of hydrogen-bond acceptors (Lipinski definition) is 3. The first kappa shape index (κ1) is 13.9. The molecule has 1 aromatic heterocycles. The molecule has 1 aromatic rings. The summed E-state index contributed by atoms with van der Waals surface area (Å²) in [6.07, 6.45) is 0.212. The number of aryl methyl sites for hydroxylation is 2. The molecular formula is C13H23N5O. The fraction of sp³-hybridized carbons (Fsp3) is 0.692. The molecule has 106 valence electrons. The lowest BCUT2D eigenvalue weighted by Crippen LogP contribution is -2.47. The van der Waals surface area contributed by atoms with Crippen LogP contribution < -0.4 is 5.73 Å². The Morgan fingerprint density at radius 1 is 1.53 bits per heavy atom. The van der Waals surface area contributed by atoms with Gasteiger partial charge in [0.25, 0.3) is 0 Å². The first-order valence-electron chi connectivity index (χ1n) is 6.64. The van der Waals surface area contributed by atoms with Gasteiger partial charge >= 0.3 is 0 Å². The minimum Gasteiger partial charge on any atom is -0.375 e. The van der Waals surface area contributed by atoms with Crippen molar-refractivity contribution >= 4 is 5.96 Å². The highest BCUT2D eigenvalue weighted by Gasteiger charge is 2.18. The van der Waals surface area contributed by atoms with Crippen molar-refractivity contribution in [2.24, 2.45) is 17.8 Å². The lowest BCUT2D eigenvalue weighted by Gasteiger charge is -2.31. The van der Waals surface area contributed by atoms with E-state index in [0.717, 1.165) is 30.0 Å². The van der Waals surface area contributed by atoms with Crippen LogP contribution in [0.25, 0.3) is 0 Å². The maximum Gasteiger partial charge on any atom is 0.191 e. The van der Waals surface area contributed by atoms with E-state index in [1.54, 1.807) is 0 Å². The maximum absolute atomic E-state index is 6.06. The summed E-state index contributed by atoms with van der Waals surface area (Å²) in [4.78, 5) is 6.58. The van der Waals surface area contributed by atoms with E-state index in [2.05, 4.69) is 28.8 Å². The lowest BCUT2D eigenvalue weighted by atomic mass is 10.2. The van der Waals surface area contributed by atoms with Gasteiger partial charge in [0.2, 0.25) is 0 Å². The summed E-state index contributed by atoms with van der Waals surface area (Å²) >= 11 is 0. The van der Waals surface area contributed by atoms with E-state index in [1.807, 2.05) is 18.7 Å². The van der Waals surface area contributed by atoms with E-state index in [1.165, 1.54) is 0 Å². The molecule has 0 spiro atoms. The van der Waals surface area contributed by atoms with Gasteiger partial charge in [-0.1, -0.05) is 0 Å². The third-order valence-corrected chi connectivity index (χ3v) is 3.62. The summed E-state index contributed by atoms with van der Waals surface area (Å²) in [7, 11) is 1.95. The second kappa shape index (κ2) is 5.61. The second-order valence-corrected chi connectivity index (χ2v) is 5.07. The van der Waals surface area contributed by atoms with Gasteiger partial charge in [-0.05, 0) is 20.8 Å². The number of hydrogen-bond donors (Lipinski definition) is 1. The fourth-order valence-corrected chi connectivity index (χ4v) is 2.33. The zero-order valence-electron chi connectivity index (χ0n) is 12.2. The topological polar surface area (TPSA) is 68.7 Å². The molecule has 0 saturated carbocycles. The largest absolute Gasteiger partial charge is 0.375 e. The van der Waals surface area contributed by atoms with Crippen molar-refractivity contribution in [2.45, 2.75) is 33.4 Å². The van der Waals surface area contributed by atoms with Gasteiger partial charge in [-0.15, -0.1) is 0 Å². The van der Waals surface area contributed by atoms with E-state index < -0.39 is 0 Å². The van der Waals surface area contributed by atoms with Crippen molar-refractivity contribution in [1.82, 2.24) is 14.7 Å². The van der Waals surface area contributed by atoms with Crippen molar-refractivity contribution in [2.75, 3.05) is 19.7 Å². The molecule has 6 heteroatoms. The molecule has 1 atom stereocenters. The number of ether oxygens (including phenoxy) is 1. The summed E-state index contributed by atoms with van der Waals surface area (Å²) in [6.45, 7) is 9.02. The Bertz CT molecular complexity index is 480. The van der Waals surface area contributed by atoms with Crippen molar-refractivity contribution in [3.8, 4) is 0 Å². The monoisotopic (exact) mass is 265 g/mol. The van der Waals surface area contributed by atoms with Gasteiger partial charge in [0, 0.05) is 31.4 Å². The average Bonchev–Trinajstić information content (AvgIpc) is 2.61. The van der Waals surface area contributed by atoms with E-state index >= 15 is 0 Å². The minimum absolute atomic E-state index is 0.212. The molecule has 2 N–H and O–H groups in total. The summed E-state index contributed by atoms with van der Waals surface area (Å²) < 4.78 is 7.38. The second-order valence-electron chi connectivity index (χ2n) is 5.07. The Morgan fingerprint density at radius 3 is 2.84 bits per heavy atom. The number of nitrogens with zero attached hydrogens (tertiary/aromatic N) is 4. The molecule has 1 fully saturated rings. The van der Waals surface area contributed by atoms with Gasteiger partial charge in [0.15, 0.2) is 5.96 Å². The van der Waals surface area contributed by atoms with Gasteiger partial charge in [0.1, 0.15) is 0 Å². The molecular weight excluding hydrogens is 242 g/mol. The molecule has 6 nitrogen and oxygen atoms in total. The summed E-state index contributed by atoms with van der Waals surface area (Å²) in [5, 5.41) is 4.39. The predicted octanol–water partition coefficient (Wildman–Crippen LogP) is 0.572. The number of aliphatic imine (C=N–C) groups is 1. The van der Waals surface area contributed by atoms with Crippen LogP contribution in [0.1, 0.15) is 23.9 Å². The van der Waals surface area contributed by atoms with Crippen LogP contribution in [0.5, 0.6) is 0 Å². The summed E-state index contributed by atoms with van der Waals surface area (Å²) in [5.41, 5.74) is 9.38. The van der Waals surface area contributed by atoms with Gasteiger partial charge in [-0.3, -0.25) is 4.68 Å². The molecule has 19 heavy (non-hydrogen) atoms. The Hall–Kier alpha value is -1.56. The molecule has 1 aliphatic rings. The number of rotatable bonds is 2. The fourth-order valence-electron chi connectivity index (χ4n) is 2.33. The molecule has 0 radical (unpaired) electrons. The van der Waals surface area contributed by atoms with Crippen LogP contribution in [-0.4, -0.2) is 46.4 Å². The molecule has 0 bridgehead atoms. The van der Waals surface area contributed by atoms with Crippen molar-refractivity contribution in [3.05, 3.63) is 17.0 Å². The number of morpholine rings is 1.